The van der Waals surface area contributed by atoms with E-state index in [-0.39, 0.29) is 10.6 Å². The number of non-ortho nitro benzene ring substituents is 1. The second kappa shape index (κ2) is 4.78. The number of hydrogen-bond donors (Lipinski definition) is 0. The molecule has 0 heterocycles. The first kappa shape index (κ1) is 13.7. The lowest BCUT2D eigenvalue weighted by Crippen LogP contribution is -1.93. The van der Waals surface area contributed by atoms with E-state index in [9.17, 15) is 10.1 Å². The molecule has 0 spiro atoms. The highest BCUT2D eigenvalue weighted by atomic mass is 16.6. The van der Waals surface area contributed by atoms with E-state index in [4.69, 9.17) is 0 Å². The molecule has 0 bridgehead atoms. The van der Waals surface area contributed by atoms with Gasteiger partial charge in [-0.05, 0) is 47.5 Å². The minimum absolute atomic E-state index is 0.201. The summed E-state index contributed by atoms with van der Waals surface area (Å²) < 4.78 is 0. The molecule has 0 saturated carbocycles. The zero-order chi connectivity index (χ0) is 16.1. The van der Waals surface area contributed by atoms with E-state index in [1.165, 1.54) is 0 Å². The van der Waals surface area contributed by atoms with E-state index < -0.39 is 0 Å². The van der Waals surface area contributed by atoms with Crippen LogP contribution in [0.3, 0.4) is 0 Å². The fraction of sp³-hybridized carbons (Fsp3) is 0.100. The van der Waals surface area contributed by atoms with Crippen LogP contribution in [-0.2, 0) is 0 Å². The Bertz CT molecular complexity index is 1110. The highest BCUT2D eigenvalue weighted by Crippen LogP contribution is 2.39. The molecule has 3 heteroatoms. The Kier molecular flexibility index (Phi) is 2.85. The summed E-state index contributed by atoms with van der Waals surface area (Å²) in [7, 11) is 0. The summed E-state index contributed by atoms with van der Waals surface area (Å²) >= 11 is 0. The number of fused-ring (bicyclic) bond motifs is 4. The zero-order valence-corrected chi connectivity index (χ0v) is 13.0. The molecule has 4 rings (SSSR count). The lowest BCUT2D eigenvalue weighted by molar-refractivity contribution is -0.381. The highest BCUT2D eigenvalue weighted by Gasteiger charge is 2.19. The molecule has 0 amide bonds. The quantitative estimate of drug-likeness (QED) is 0.197. The van der Waals surface area contributed by atoms with Crippen LogP contribution in [0.25, 0.3) is 32.3 Å². The minimum atomic E-state index is -0.251. The van der Waals surface area contributed by atoms with Gasteiger partial charge in [0.25, 0.3) is 5.69 Å². The van der Waals surface area contributed by atoms with E-state index >= 15 is 0 Å². The van der Waals surface area contributed by atoms with Crippen molar-refractivity contribution in [3.63, 3.8) is 0 Å². The third kappa shape index (κ3) is 2.05. The van der Waals surface area contributed by atoms with E-state index in [0.717, 1.165) is 38.1 Å². The van der Waals surface area contributed by atoms with Gasteiger partial charge in [-0.3, -0.25) is 10.1 Å². The van der Waals surface area contributed by atoms with Crippen LogP contribution in [0.1, 0.15) is 11.1 Å². The fourth-order valence-corrected chi connectivity index (χ4v) is 3.36. The molecular weight excluding hydrogens is 286 g/mol. The molecule has 0 N–H and O–H groups in total. The normalized spacial score (nSPS) is 11.4. The summed E-state index contributed by atoms with van der Waals surface area (Å²) in [6.07, 6.45) is 0. The summed E-state index contributed by atoms with van der Waals surface area (Å²) in [5.74, 6) is 0. The first-order valence-corrected chi connectivity index (χ1v) is 7.55. The standard InChI is InChI=1S/C20H15NO2/c1-12-3-7-17-14(9-12)5-6-15-11-16-10-13(2)4-8-18(16)20(19(15)17)21(22)23/h3-11H,1-2H3. The van der Waals surface area contributed by atoms with Gasteiger partial charge in [0, 0.05) is 0 Å². The Morgan fingerprint density at radius 3 is 2.04 bits per heavy atom. The molecule has 0 atom stereocenters. The summed E-state index contributed by atoms with van der Waals surface area (Å²) in [4.78, 5) is 11.6. The van der Waals surface area contributed by atoms with Crippen LogP contribution in [0.2, 0.25) is 0 Å². The first-order valence-electron chi connectivity index (χ1n) is 7.55. The van der Waals surface area contributed by atoms with Crippen molar-refractivity contribution in [2.45, 2.75) is 13.8 Å². The van der Waals surface area contributed by atoms with Crippen LogP contribution in [-0.4, -0.2) is 4.92 Å². The predicted octanol–water partition coefficient (Wildman–Crippen LogP) is 5.67. The zero-order valence-electron chi connectivity index (χ0n) is 13.0. The molecule has 0 unspecified atom stereocenters. The van der Waals surface area contributed by atoms with E-state index in [2.05, 4.69) is 6.07 Å². The van der Waals surface area contributed by atoms with Crippen molar-refractivity contribution < 1.29 is 4.92 Å². The largest absolute Gasteiger partial charge is 0.285 e. The smallest absolute Gasteiger partial charge is 0.258 e. The lowest BCUT2D eigenvalue weighted by atomic mass is 9.95. The van der Waals surface area contributed by atoms with Crippen molar-refractivity contribution in [3.05, 3.63) is 75.8 Å². The summed E-state index contributed by atoms with van der Waals surface area (Å²) in [6, 6.07) is 17.9. The Morgan fingerprint density at radius 1 is 0.739 bits per heavy atom. The predicted molar refractivity (Wildman–Crippen MR) is 95.1 cm³/mol. The average Bonchev–Trinajstić information content (AvgIpc) is 2.51. The van der Waals surface area contributed by atoms with Gasteiger partial charge in [-0.1, -0.05) is 53.6 Å². The van der Waals surface area contributed by atoms with Crippen molar-refractivity contribution in [1.29, 1.82) is 0 Å². The maximum absolute atomic E-state index is 11.8. The molecule has 0 aromatic heterocycles. The van der Waals surface area contributed by atoms with Gasteiger partial charge in [-0.2, -0.15) is 0 Å². The SMILES string of the molecule is Cc1ccc2c([N+](=O)[O-])c3c(ccc4cc(C)ccc43)cc2c1. The minimum Gasteiger partial charge on any atom is -0.258 e. The van der Waals surface area contributed by atoms with Gasteiger partial charge >= 0.3 is 0 Å². The van der Waals surface area contributed by atoms with Gasteiger partial charge in [0.05, 0.1) is 15.7 Å². The van der Waals surface area contributed by atoms with Crippen LogP contribution >= 0.6 is 0 Å². The molecule has 0 aliphatic carbocycles. The van der Waals surface area contributed by atoms with Crippen molar-refractivity contribution >= 4 is 38.0 Å². The molecule has 0 aliphatic heterocycles. The second-order valence-corrected chi connectivity index (χ2v) is 6.10. The Hall–Kier alpha value is -2.94. The fourth-order valence-electron chi connectivity index (χ4n) is 3.36. The third-order valence-electron chi connectivity index (χ3n) is 4.40. The summed E-state index contributed by atoms with van der Waals surface area (Å²) in [5, 5.41) is 17.0. The molecule has 4 aromatic rings. The number of nitrogens with zero attached hydrogens (tertiary/aromatic N) is 1. The molecular formula is C20H15NO2. The number of nitro benzene ring substituents is 1. The van der Waals surface area contributed by atoms with E-state index in [1.807, 2.05) is 62.4 Å². The second-order valence-electron chi connectivity index (χ2n) is 6.10. The monoisotopic (exact) mass is 301 g/mol. The number of aryl methyl sites for hydroxylation is 2. The highest BCUT2D eigenvalue weighted by molar-refractivity contribution is 6.19. The maximum Gasteiger partial charge on any atom is 0.285 e. The molecule has 4 aromatic carbocycles. The van der Waals surface area contributed by atoms with Gasteiger partial charge < -0.3 is 0 Å². The Labute approximate surface area is 133 Å². The molecule has 112 valence electrons. The van der Waals surface area contributed by atoms with Crippen molar-refractivity contribution in [3.8, 4) is 0 Å². The van der Waals surface area contributed by atoms with Gasteiger partial charge in [0.15, 0.2) is 0 Å². The molecule has 3 nitrogen and oxygen atoms in total. The van der Waals surface area contributed by atoms with E-state index in [1.54, 1.807) is 0 Å². The maximum atomic E-state index is 11.8. The number of rotatable bonds is 1. The van der Waals surface area contributed by atoms with Crippen LogP contribution in [0.15, 0.2) is 54.6 Å². The Balaban J connectivity index is 2.31. The molecule has 0 radical (unpaired) electrons. The number of nitro groups is 1. The third-order valence-corrected chi connectivity index (χ3v) is 4.40. The van der Waals surface area contributed by atoms with Crippen LogP contribution in [0.5, 0.6) is 0 Å². The number of benzene rings is 4. The first-order chi connectivity index (χ1) is 11.0. The number of hydrogen-bond acceptors (Lipinski definition) is 2. The lowest BCUT2D eigenvalue weighted by Gasteiger charge is -2.09. The van der Waals surface area contributed by atoms with Gasteiger partial charge in [0.1, 0.15) is 0 Å². The van der Waals surface area contributed by atoms with Gasteiger partial charge in [0.2, 0.25) is 0 Å². The van der Waals surface area contributed by atoms with Crippen molar-refractivity contribution in [1.82, 2.24) is 0 Å². The van der Waals surface area contributed by atoms with Gasteiger partial charge in [-0.15, -0.1) is 0 Å². The van der Waals surface area contributed by atoms with E-state index in [0.29, 0.717) is 5.39 Å². The molecule has 23 heavy (non-hydrogen) atoms. The average molecular weight is 301 g/mol. The van der Waals surface area contributed by atoms with Crippen LogP contribution in [0.4, 0.5) is 5.69 Å². The van der Waals surface area contributed by atoms with Crippen molar-refractivity contribution in [2.75, 3.05) is 0 Å². The summed E-state index contributed by atoms with van der Waals surface area (Å²) in [5.41, 5.74) is 2.45. The molecule has 0 aliphatic rings. The topological polar surface area (TPSA) is 43.1 Å². The summed E-state index contributed by atoms with van der Waals surface area (Å²) in [6.45, 7) is 4.03. The van der Waals surface area contributed by atoms with Crippen molar-refractivity contribution in [2.24, 2.45) is 0 Å². The van der Waals surface area contributed by atoms with Gasteiger partial charge in [-0.25, -0.2) is 0 Å². The van der Waals surface area contributed by atoms with Crippen LogP contribution < -0.4 is 0 Å². The van der Waals surface area contributed by atoms with Crippen LogP contribution in [0, 0.1) is 24.0 Å². The molecule has 0 saturated heterocycles. The molecule has 0 fully saturated rings. The Morgan fingerprint density at radius 2 is 1.35 bits per heavy atom.